The fraction of sp³-hybridized carbons (Fsp3) is 0.176. The van der Waals surface area contributed by atoms with Crippen LogP contribution in [0.3, 0.4) is 0 Å². The molecule has 0 aliphatic heterocycles. The lowest BCUT2D eigenvalue weighted by molar-refractivity contribution is 0.479. The number of hydrogen-bond acceptors (Lipinski definition) is 4. The first-order valence-corrected chi connectivity index (χ1v) is 8.46. The summed E-state index contributed by atoms with van der Waals surface area (Å²) in [6.45, 7) is 4.00. The van der Waals surface area contributed by atoms with E-state index in [-0.39, 0.29) is 0 Å². The van der Waals surface area contributed by atoms with E-state index in [9.17, 15) is 0 Å². The summed E-state index contributed by atoms with van der Waals surface area (Å²) in [5.74, 6) is 1.34. The summed E-state index contributed by atoms with van der Waals surface area (Å²) in [4.78, 5) is 4.31. The number of nitrogens with zero attached hydrogens (tertiary/aromatic N) is 2. The number of hydrogen-bond donors (Lipinski definition) is 1. The van der Waals surface area contributed by atoms with E-state index in [0.29, 0.717) is 21.6 Å². The lowest BCUT2D eigenvalue weighted by atomic mass is 10.1. The van der Waals surface area contributed by atoms with Gasteiger partial charge in [-0.3, -0.25) is 5.32 Å². The normalized spacial score (nSPS) is 11.0. The summed E-state index contributed by atoms with van der Waals surface area (Å²) in [6, 6.07) is 11.3. The number of amidine groups is 1. The van der Waals surface area contributed by atoms with Gasteiger partial charge in [-0.1, -0.05) is 35.5 Å². The van der Waals surface area contributed by atoms with E-state index in [4.69, 9.17) is 21.6 Å². The Morgan fingerprint density at radius 1 is 1.22 bits per heavy atom. The Balaban J connectivity index is 2.26. The Kier molecular flexibility index (Phi) is 5.91. The van der Waals surface area contributed by atoms with E-state index in [0.717, 1.165) is 16.9 Å². The molecule has 0 saturated carbocycles. The number of aliphatic imine (C=N–C) groups is 1. The van der Waals surface area contributed by atoms with Crippen LogP contribution < -0.4 is 10.1 Å². The van der Waals surface area contributed by atoms with E-state index < -0.39 is 0 Å². The first kappa shape index (κ1) is 17.2. The SMILES string of the molecule is CSC(=Nc1ccc(Oc2cc(C)ccc2C)c(Cl)c1)NC#N. The number of aryl methyl sites for hydroxylation is 2. The molecule has 23 heavy (non-hydrogen) atoms. The molecule has 0 aromatic heterocycles. The zero-order chi connectivity index (χ0) is 16.8. The van der Waals surface area contributed by atoms with Gasteiger partial charge in [-0.15, -0.1) is 0 Å². The van der Waals surface area contributed by atoms with Crippen molar-refractivity contribution in [2.45, 2.75) is 13.8 Å². The molecule has 0 heterocycles. The average Bonchev–Trinajstić information content (AvgIpc) is 2.53. The molecule has 0 radical (unpaired) electrons. The molecule has 0 aliphatic carbocycles. The molecular weight excluding hydrogens is 330 g/mol. The van der Waals surface area contributed by atoms with Gasteiger partial charge in [0.25, 0.3) is 0 Å². The van der Waals surface area contributed by atoms with Gasteiger partial charge in [0.2, 0.25) is 0 Å². The molecule has 0 fully saturated rings. The lowest BCUT2D eigenvalue weighted by Gasteiger charge is -2.11. The van der Waals surface area contributed by atoms with Crippen LogP contribution in [0.2, 0.25) is 5.02 Å². The van der Waals surface area contributed by atoms with Gasteiger partial charge in [-0.05, 0) is 55.5 Å². The van der Waals surface area contributed by atoms with E-state index in [1.807, 2.05) is 44.5 Å². The minimum absolute atomic E-state index is 0.463. The highest BCUT2D eigenvalue weighted by Gasteiger charge is 2.07. The summed E-state index contributed by atoms with van der Waals surface area (Å²) in [5.41, 5.74) is 2.81. The topological polar surface area (TPSA) is 57.4 Å². The van der Waals surface area contributed by atoms with E-state index in [1.165, 1.54) is 11.8 Å². The smallest absolute Gasteiger partial charge is 0.183 e. The number of nitrogens with one attached hydrogen (secondary N) is 1. The Morgan fingerprint density at radius 2 is 2.00 bits per heavy atom. The van der Waals surface area contributed by atoms with E-state index >= 15 is 0 Å². The van der Waals surface area contributed by atoms with Crippen molar-refractivity contribution in [1.29, 1.82) is 5.26 Å². The van der Waals surface area contributed by atoms with Gasteiger partial charge in [0.1, 0.15) is 11.5 Å². The number of benzene rings is 2. The van der Waals surface area contributed by atoms with Crippen LogP contribution in [0.4, 0.5) is 5.69 Å². The molecule has 1 N–H and O–H groups in total. The molecule has 2 aromatic rings. The Hall–Kier alpha value is -2.16. The molecule has 0 amide bonds. The van der Waals surface area contributed by atoms with Crippen LogP contribution in [0.1, 0.15) is 11.1 Å². The van der Waals surface area contributed by atoms with Crippen molar-refractivity contribution >= 4 is 34.2 Å². The monoisotopic (exact) mass is 345 g/mol. The summed E-state index contributed by atoms with van der Waals surface area (Å²) in [7, 11) is 0. The predicted molar refractivity (Wildman–Crippen MR) is 96.8 cm³/mol. The van der Waals surface area contributed by atoms with Crippen LogP contribution in [-0.4, -0.2) is 11.4 Å². The summed E-state index contributed by atoms with van der Waals surface area (Å²) >= 11 is 7.64. The average molecular weight is 346 g/mol. The van der Waals surface area contributed by atoms with Gasteiger partial charge < -0.3 is 4.74 Å². The third-order valence-electron chi connectivity index (χ3n) is 3.07. The summed E-state index contributed by atoms with van der Waals surface area (Å²) < 4.78 is 5.90. The minimum atomic E-state index is 0.463. The van der Waals surface area contributed by atoms with Crippen molar-refractivity contribution in [3.63, 3.8) is 0 Å². The van der Waals surface area contributed by atoms with E-state index in [2.05, 4.69) is 10.3 Å². The maximum absolute atomic E-state index is 8.66. The van der Waals surface area contributed by atoms with Crippen molar-refractivity contribution in [3.8, 4) is 17.7 Å². The third-order valence-corrected chi connectivity index (χ3v) is 3.94. The maximum atomic E-state index is 8.66. The molecular formula is C17H16ClN3OS. The third kappa shape index (κ3) is 4.65. The van der Waals surface area contributed by atoms with Gasteiger partial charge in [-0.25, -0.2) is 4.99 Å². The van der Waals surface area contributed by atoms with Gasteiger partial charge in [0, 0.05) is 0 Å². The Labute approximate surface area is 145 Å². The standard InChI is InChI=1S/C17H16ClN3OS/c1-11-4-5-12(2)16(8-11)22-15-7-6-13(9-14(15)18)21-17(23-3)20-10-19/h4-9H,1-3H3,(H,20,21). The molecule has 0 aliphatic rings. The zero-order valence-corrected chi connectivity index (χ0v) is 14.6. The van der Waals surface area contributed by atoms with Crippen LogP contribution in [-0.2, 0) is 0 Å². The largest absolute Gasteiger partial charge is 0.456 e. The molecule has 0 unspecified atom stereocenters. The van der Waals surface area contributed by atoms with Crippen molar-refractivity contribution in [3.05, 3.63) is 52.5 Å². The van der Waals surface area contributed by atoms with Crippen molar-refractivity contribution in [2.24, 2.45) is 4.99 Å². The second-order valence-corrected chi connectivity index (χ2v) is 6.05. The van der Waals surface area contributed by atoms with Gasteiger partial charge >= 0.3 is 0 Å². The highest BCUT2D eigenvalue weighted by atomic mass is 35.5. The van der Waals surface area contributed by atoms with Gasteiger partial charge in [0.05, 0.1) is 10.7 Å². The van der Waals surface area contributed by atoms with Crippen LogP contribution >= 0.6 is 23.4 Å². The number of nitriles is 1. The second kappa shape index (κ2) is 7.91. The zero-order valence-electron chi connectivity index (χ0n) is 13.1. The molecule has 2 aromatic carbocycles. The van der Waals surface area contributed by atoms with Crippen LogP contribution in [0.25, 0.3) is 0 Å². The molecule has 0 atom stereocenters. The fourth-order valence-corrected chi connectivity index (χ4v) is 2.43. The molecule has 118 valence electrons. The first-order valence-electron chi connectivity index (χ1n) is 6.86. The van der Waals surface area contributed by atoms with Gasteiger partial charge in [0.15, 0.2) is 11.4 Å². The van der Waals surface area contributed by atoms with Crippen molar-refractivity contribution in [1.82, 2.24) is 5.32 Å². The second-order valence-electron chi connectivity index (χ2n) is 4.84. The first-order chi connectivity index (χ1) is 11.0. The molecule has 0 saturated heterocycles. The number of thioether (sulfide) groups is 1. The quantitative estimate of drug-likeness (QED) is 0.361. The predicted octanol–water partition coefficient (Wildman–Crippen LogP) is 5.17. The molecule has 0 bridgehead atoms. The molecule has 6 heteroatoms. The van der Waals surface area contributed by atoms with Gasteiger partial charge in [-0.2, -0.15) is 5.26 Å². The molecule has 2 rings (SSSR count). The van der Waals surface area contributed by atoms with E-state index in [1.54, 1.807) is 18.2 Å². The maximum Gasteiger partial charge on any atom is 0.183 e. The molecule has 4 nitrogen and oxygen atoms in total. The highest BCUT2D eigenvalue weighted by Crippen LogP contribution is 2.34. The van der Waals surface area contributed by atoms with Crippen LogP contribution in [0.15, 0.2) is 41.4 Å². The summed E-state index contributed by atoms with van der Waals surface area (Å²) in [5, 5.41) is 12.1. The summed E-state index contributed by atoms with van der Waals surface area (Å²) in [6.07, 6.45) is 3.69. The van der Waals surface area contributed by atoms with Crippen molar-refractivity contribution in [2.75, 3.05) is 6.26 Å². The Morgan fingerprint density at radius 3 is 2.65 bits per heavy atom. The number of rotatable bonds is 3. The van der Waals surface area contributed by atoms with Crippen LogP contribution in [0, 0.1) is 25.3 Å². The molecule has 0 spiro atoms. The highest BCUT2D eigenvalue weighted by molar-refractivity contribution is 8.13. The number of ether oxygens (including phenoxy) is 1. The van der Waals surface area contributed by atoms with Crippen LogP contribution in [0.5, 0.6) is 11.5 Å². The minimum Gasteiger partial charge on any atom is -0.456 e. The van der Waals surface area contributed by atoms with Crippen molar-refractivity contribution < 1.29 is 4.74 Å². The fourth-order valence-electron chi connectivity index (χ4n) is 1.87. The lowest BCUT2D eigenvalue weighted by Crippen LogP contribution is -2.12. The number of halogens is 1. The Bertz CT molecular complexity index is 784.